The molecule has 1 saturated heterocycles. The predicted molar refractivity (Wildman–Crippen MR) is 129 cm³/mol. The van der Waals surface area contributed by atoms with Gasteiger partial charge in [0, 0.05) is 31.7 Å². The second kappa shape index (κ2) is 10.1. The van der Waals surface area contributed by atoms with Gasteiger partial charge >= 0.3 is 6.03 Å². The number of aromatic nitrogens is 1. The number of nitrogens with zero attached hydrogens (tertiary/aromatic N) is 2. The number of benzene rings is 2. The van der Waals surface area contributed by atoms with Crippen LogP contribution in [-0.4, -0.2) is 68.3 Å². The van der Waals surface area contributed by atoms with Crippen molar-refractivity contribution < 1.29 is 22.5 Å². The SMILES string of the molecule is O=C(NCCN1CCOCC1)Nc1nc2ccc(-c3ccc(Cl)c(S(=O)(=O)O)c3Cl)cc2s1. The van der Waals surface area contributed by atoms with E-state index in [-0.39, 0.29) is 16.1 Å². The van der Waals surface area contributed by atoms with Gasteiger partial charge in [-0.05, 0) is 23.8 Å². The highest BCUT2D eigenvalue weighted by molar-refractivity contribution is 7.86. The number of morpholine rings is 1. The van der Waals surface area contributed by atoms with E-state index in [0.29, 0.717) is 41.5 Å². The molecule has 1 aliphatic heterocycles. The molecule has 0 aliphatic carbocycles. The van der Waals surface area contributed by atoms with E-state index in [1.165, 1.54) is 17.4 Å². The fraction of sp³-hybridized carbons (Fsp3) is 0.300. The normalized spacial score (nSPS) is 15.0. The van der Waals surface area contributed by atoms with E-state index in [1.54, 1.807) is 24.3 Å². The minimum atomic E-state index is -4.60. The number of hydrogen-bond donors (Lipinski definition) is 3. The number of halogens is 2. The topological polar surface area (TPSA) is 121 Å². The maximum absolute atomic E-state index is 12.2. The molecule has 0 bridgehead atoms. The van der Waals surface area contributed by atoms with Crippen LogP contribution in [0.1, 0.15) is 0 Å². The lowest BCUT2D eigenvalue weighted by Crippen LogP contribution is -2.42. The molecule has 2 amide bonds. The van der Waals surface area contributed by atoms with Gasteiger partial charge in [0.05, 0.1) is 33.5 Å². The molecule has 176 valence electrons. The van der Waals surface area contributed by atoms with Crippen molar-refractivity contribution >= 4 is 66.0 Å². The van der Waals surface area contributed by atoms with Crippen LogP contribution in [0, 0.1) is 0 Å². The van der Waals surface area contributed by atoms with Crippen LogP contribution in [0.5, 0.6) is 0 Å². The van der Waals surface area contributed by atoms with Gasteiger partial charge in [-0.1, -0.05) is 46.7 Å². The molecule has 0 radical (unpaired) electrons. The summed E-state index contributed by atoms with van der Waals surface area (Å²) in [7, 11) is -4.60. The van der Waals surface area contributed by atoms with E-state index in [0.717, 1.165) is 24.3 Å². The molecular formula is C20H20Cl2N4O5S2. The van der Waals surface area contributed by atoms with Crippen molar-refractivity contribution in [1.82, 2.24) is 15.2 Å². The predicted octanol–water partition coefficient (Wildman–Crippen LogP) is 3.97. The number of fused-ring (bicyclic) bond motifs is 1. The number of amides is 2. The largest absolute Gasteiger partial charge is 0.379 e. The molecule has 0 spiro atoms. The van der Waals surface area contributed by atoms with Gasteiger partial charge in [0.2, 0.25) is 0 Å². The van der Waals surface area contributed by atoms with Crippen molar-refractivity contribution in [3.63, 3.8) is 0 Å². The minimum absolute atomic E-state index is 0.170. The summed E-state index contributed by atoms with van der Waals surface area (Å²) in [5.74, 6) is 0. The number of rotatable bonds is 6. The number of carbonyl (C=O) groups excluding carboxylic acids is 1. The molecule has 0 unspecified atom stereocenters. The van der Waals surface area contributed by atoms with Crippen LogP contribution in [-0.2, 0) is 14.9 Å². The molecule has 2 aromatic carbocycles. The summed E-state index contributed by atoms with van der Waals surface area (Å²) < 4.78 is 38.9. The first-order valence-corrected chi connectivity index (χ1v) is 12.9. The summed E-state index contributed by atoms with van der Waals surface area (Å²) in [4.78, 5) is 18.3. The number of urea groups is 1. The van der Waals surface area contributed by atoms with Gasteiger partial charge in [-0.3, -0.25) is 14.8 Å². The van der Waals surface area contributed by atoms with E-state index in [4.69, 9.17) is 27.9 Å². The van der Waals surface area contributed by atoms with E-state index in [2.05, 4.69) is 20.5 Å². The zero-order chi connectivity index (χ0) is 23.6. The first-order valence-electron chi connectivity index (χ1n) is 9.94. The monoisotopic (exact) mass is 530 g/mol. The zero-order valence-corrected chi connectivity index (χ0v) is 20.3. The zero-order valence-electron chi connectivity index (χ0n) is 17.2. The third kappa shape index (κ3) is 5.75. The van der Waals surface area contributed by atoms with Crippen molar-refractivity contribution in [3.05, 3.63) is 40.4 Å². The molecule has 1 aromatic heterocycles. The molecule has 2 heterocycles. The highest BCUT2D eigenvalue weighted by Crippen LogP contribution is 2.39. The Morgan fingerprint density at radius 3 is 2.70 bits per heavy atom. The highest BCUT2D eigenvalue weighted by atomic mass is 35.5. The third-order valence-corrected chi connectivity index (χ3v) is 7.85. The van der Waals surface area contributed by atoms with Crippen molar-refractivity contribution in [3.8, 4) is 11.1 Å². The lowest BCUT2D eigenvalue weighted by atomic mass is 10.1. The molecule has 13 heteroatoms. The van der Waals surface area contributed by atoms with Crippen LogP contribution in [0.2, 0.25) is 10.0 Å². The maximum Gasteiger partial charge on any atom is 0.321 e. The Morgan fingerprint density at radius 2 is 1.97 bits per heavy atom. The van der Waals surface area contributed by atoms with Gasteiger partial charge in [-0.25, -0.2) is 9.78 Å². The maximum atomic E-state index is 12.2. The van der Waals surface area contributed by atoms with Crippen LogP contribution < -0.4 is 10.6 Å². The van der Waals surface area contributed by atoms with Gasteiger partial charge in [0.25, 0.3) is 10.1 Å². The quantitative estimate of drug-likeness (QED) is 0.412. The number of carbonyl (C=O) groups is 1. The van der Waals surface area contributed by atoms with Crippen LogP contribution in [0.25, 0.3) is 21.3 Å². The Morgan fingerprint density at radius 1 is 1.21 bits per heavy atom. The molecule has 1 fully saturated rings. The molecule has 0 saturated carbocycles. The molecular weight excluding hydrogens is 511 g/mol. The van der Waals surface area contributed by atoms with Crippen molar-refractivity contribution in [2.75, 3.05) is 44.7 Å². The number of anilines is 1. The van der Waals surface area contributed by atoms with E-state index in [1.807, 2.05) is 0 Å². The Labute approximate surface area is 204 Å². The number of nitrogens with one attached hydrogen (secondary N) is 2. The van der Waals surface area contributed by atoms with Gasteiger partial charge in [0.1, 0.15) is 4.90 Å². The summed E-state index contributed by atoms with van der Waals surface area (Å²) in [6.45, 7) is 4.37. The summed E-state index contributed by atoms with van der Waals surface area (Å²) in [5.41, 5.74) is 1.66. The Hall–Kier alpha value is -1.99. The number of thiazole rings is 1. The fourth-order valence-electron chi connectivity index (χ4n) is 3.43. The van der Waals surface area contributed by atoms with Gasteiger partial charge in [0.15, 0.2) is 5.13 Å². The smallest absolute Gasteiger partial charge is 0.321 e. The van der Waals surface area contributed by atoms with Crippen LogP contribution in [0.3, 0.4) is 0 Å². The van der Waals surface area contributed by atoms with Crippen LogP contribution in [0.15, 0.2) is 35.2 Å². The summed E-state index contributed by atoms with van der Waals surface area (Å²) in [5, 5.41) is 5.63. The van der Waals surface area contributed by atoms with Gasteiger partial charge in [-0.15, -0.1) is 0 Å². The summed E-state index contributed by atoms with van der Waals surface area (Å²) in [6, 6.07) is 7.82. The van der Waals surface area contributed by atoms with Crippen molar-refractivity contribution in [1.29, 1.82) is 0 Å². The lowest BCUT2D eigenvalue weighted by Gasteiger charge is -2.26. The summed E-state index contributed by atoms with van der Waals surface area (Å²) in [6.07, 6.45) is 0. The average Bonchev–Trinajstić information content (AvgIpc) is 3.15. The second-order valence-electron chi connectivity index (χ2n) is 7.25. The molecule has 3 N–H and O–H groups in total. The average molecular weight is 531 g/mol. The molecule has 33 heavy (non-hydrogen) atoms. The molecule has 0 atom stereocenters. The van der Waals surface area contributed by atoms with Gasteiger partial charge < -0.3 is 10.1 Å². The van der Waals surface area contributed by atoms with E-state index < -0.39 is 15.0 Å². The van der Waals surface area contributed by atoms with Crippen molar-refractivity contribution in [2.45, 2.75) is 4.90 Å². The van der Waals surface area contributed by atoms with Crippen LogP contribution >= 0.6 is 34.5 Å². The van der Waals surface area contributed by atoms with Crippen molar-refractivity contribution in [2.24, 2.45) is 0 Å². The first-order chi connectivity index (χ1) is 15.7. The molecule has 4 rings (SSSR count). The Kier molecular flexibility index (Phi) is 7.39. The van der Waals surface area contributed by atoms with E-state index >= 15 is 0 Å². The highest BCUT2D eigenvalue weighted by Gasteiger charge is 2.22. The number of hydrogen-bond acceptors (Lipinski definition) is 7. The standard InChI is InChI=1S/C20H20Cl2N4O5S2/c21-14-3-2-13(17(22)18(14)33(28,29)30)12-1-4-15-16(11-12)32-20(24-15)25-19(27)23-5-6-26-7-9-31-10-8-26/h1-4,11H,5-10H2,(H,28,29,30)(H2,23,24,25,27). The first kappa shape index (κ1) is 24.1. The Bertz CT molecular complexity index is 1290. The summed E-state index contributed by atoms with van der Waals surface area (Å²) >= 11 is 13.4. The number of ether oxygens (including phenoxy) is 1. The lowest BCUT2D eigenvalue weighted by molar-refractivity contribution is 0.0388. The third-order valence-electron chi connectivity index (χ3n) is 5.04. The second-order valence-corrected chi connectivity index (χ2v) is 10.4. The van der Waals surface area contributed by atoms with Gasteiger partial charge in [-0.2, -0.15) is 8.42 Å². The van der Waals surface area contributed by atoms with E-state index in [9.17, 15) is 17.8 Å². The molecule has 1 aliphatic rings. The molecule has 3 aromatic rings. The minimum Gasteiger partial charge on any atom is -0.379 e. The fourth-order valence-corrected chi connectivity index (χ4v) is 6.05. The van der Waals surface area contributed by atoms with Crippen LogP contribution in [0.4, 0.5) is 9.93 Å². The Balaban J connectivity index is 1.47. The molecule has 9 nitrogen and oxygen atoms in total.